The normalized spacial score (nSPS) is 19.9. The Bertz CT molecular complexity index is 753. The molecule has 1 fully saturated rings. The number of benzene rings is 1. The molecule has 1 aliphatic heterocycles. The highest BCUT2D eigenvalue weighted by atomic mass is 32.2. The fraction of sp³-hybridized carbons (Fsp3) is 0.421. The minimum absolute atomic E-state index is 0.246. The second kappa shape index (κ2) is 7.87. The molecule has 2 heterocycles. The monoisotopic (exact) mass is 357 g/mol. The molecule has 0 saturated carbocycles. The molecule has 3 rings (SSSR count). The van der Waals surface area contributed by atoms with Crippen LogP contribution in [0.3, 0.4) is 0 Å². The number of anilines is 1. The summed E-state index contributed by atoms with van der Waals surface area (Å²) in [5.41, 5.74) is 2.76. The Kier molecular flexibility index (Phi) is 5.58. The van der Waals surface area contributed by atoms with E-state index in [1.165, 1.54) is 30.0 Å². The molecule has 1 aromatic heterocycles. The van der Waals surface area contributed by atoms with Crippen LogP contribution in [0.5, 0.6) is 0 Å². The molecule has 0 radical (unpaired) electrons. The predicted octanol–water partition coefficient (Wildman–Crippen LogP) is 3.43. The van der Waals surface area contributed by atoms with E-state index in [9.17, 15) is 4.79 Å². The smallest absolute Gasteiger partial charge is 0.316 e. The van der Waals surface area contributed by atoms with E-state index in [-0.39, 0.29) is 11.7 Å². The zero-order valence-electron chi connectivity index (χ0n) is 14.8. The fourth-order valence-corrected chi connectivity index (χ4v) is 4.04. The van der Waals surface area contributed by atoms with Crippen LogP contribution in [0, 0.1) is 6.92 Å². The number of thioether (sulfide) groups is 1. The van der Waals surface area contributed by atoms with Crippen molar-refractivity contribution in [2.45, 2.75) is 37.3 Å². The first kappa shape index (κ1) is 17.7. The third-order valence-corrected chi connectivity index (χ3v) is 5.54. The first-order valence-corrected chi connectivity index (χ1v) is 9.41. The minimum atomic E-state index is -0.258. The van der Waals surface area contributed by atoms with Crippen LogP contribution in [0.1, 0.15) is 30.4 Å². The number of nitrogens with zero attached hydrogens (tertiary/aromatic N) is 3. The molecule has 25 heavy (non-hydrogen) atoms. The third kappa shape index (κ3) is 4.12. The molecule has 5 nitrogen and oxygen atoms in total. The molecule has 0 bridgehead atoms. The quantitative estimate of drug-likeness (QED) is 0.604. The van der Waals surface area contributed by atoms with Gasteiger partial charge in [-0.05, 0) is 31.4 Å². The topological polar surface area (TPSA) is 55.3 Å². The van der Waals surface area contributed by atoms with E-state index < -0.39 is 0 Å². The summed E-state index contributed by atoms with van der Waals surface area (Å²) in [4.78, 5) is 22.6. The van der Waals surface area contributed by atoms with Crippen LogP contribution in [0.2, 0.25) is 0 Å². The lowest BCUT2D eigenvalue weighted by Crippen LogP contribution is -2.27. The average molecular weight is 357 g/mol. The molecule has 132 valence electrons. The number of hydrogen-bond acceptors (Lipinski definition) is 6. The SMILES string of the molecule is COC(=O)CSc1cncc(N2CC(c3ccccc3C)CC2C)n1. The van der Waals surface area contributed by atoms with Gasteiger partial charge >= 0.3 is 5.97 Å². The van der Waals surface area contributed by atoms with Crippen molar-refractivity contribution in [3.8, 4) is 0 Å². The lowest BCUT2D eigenvalue weighted by molar-refractivity contribution is -0.137. The van der Waals surface area contributed by atoms with Gasteiger partial charge in [0.25, 0.3) is 0 Å². The molecule has 2 aromatic rings. The van der Waals surface area contributed by atoms with Crippen molar-refractivity contribution in [3.63, 3.8) is 0 Å². The van der Waals surface area contributed by atoms with Crippen LogP contribution >= 0.6 is 11.8 Å². The second-order valence-corrected chi connectivity index (χ2v) is 7.37. The molecule has 1 aromatic carbocycles. The Morgan fingerprint density at radius 3 is 2.92 bits per heavy atom. The Morgan fingerprint density at radius 1 is 1.36 bits per heavy atom. The van der Waals surface area contributed by atoms with Crippen molar-refractivity contribution in [1.29, 1.82) is 0 Å². The second-order valence-electron chi connectivity index (χ2n) is 6.37. The highest BCUT2D eigenvalue weighted by molar-refractivity contribution is 7.99. The molecule has 6 heteroatoms. The van der Waals surface area contributed by atoms with Crippen LogP contribution < -0.4 is 4.90 Å². The van der Waals surface area contributed by atoms with Crippen LogP contribution in [0.25, 0.3) is 0 Å². The van der Waals surface area contributed by atoms with E-state index in [2.05, 4.69) is 57.7 Å². The van der Waals surface area contributed by atoms with E-state index in [4.69, 9.17) is 0 Å². The summed E-state index contributed by atoms with van der Waals surface area (Å²) in [5.74, 6) is 1.37. The van der Waals surface area contributed by atoms with Gasteiger partial charge in [0.1, 0.15) is 10.8 Å². The lowest BCUT2D eigenvalue weighted by atomic mass is 9.93. The summed E-state index contributed by atoms with van der Waals surface area (Å²) < 4.78 is 4.67. The molecular formula is C19H23N3O2S. The maximum Gasteiger partial charge on any atom is 0.316 e. The zero-order valence-corrected chi connectivity index (χ0v) is 15.6. The van der Waals surface area contributed by atoms with Gasteiger partial charge in [-0.1, -0.05) is 36.0 Å². The Balaban J connectivity index is 1.74. The number of carbonyl (C=O) groups excluding carboxylic acids is 1. The Labute approximate surface area is 152 Å². The molecule has 0 amide bonds. The standard InChI is InChI=1S/C19H23N3O2S/c1-13-6-4-5-7-16(13)15-8-14(2)22(11-15)17-9-20-10-18(21-17)25-12-19(23)24-3/h4-7,9-10,14-15H,8,11-12H2,1-3H3. The van der Waals surface area contributed by atoms with Gasteiger partial charge in [-0.15, -0.1) is 0 Å². The van der Waals surface area contributed by atoms with Crippen molar-refractivity contribution < 1.29 is 9.53 Å². The minimum Gasteiger partial charge on any atom is -0.468 e. The van der Waals surface area contributed by atoms with Crippen LogP contribution in [-0.2, 0) is 9.53 Å². The van der Waals surface area contributed by atoms with Gasteiger partial charge in [0.05, 0.1) is 25.3 Å². The summed E-state index contributed by atoms with van der Waals surface area (Å²) in [6.07, 6.45) is 4.60. The van der Waals surface area contributed by atoms with E-state index in [1.807, 2.05) is 0 Å². The predicted molar refractivity (Wildman–Crippen MR) is 100 cm³/mol. The number of ether oxygens (including phenoxy) is 1. The van der Waals surface area contributed by atoms with Crippen molar-refractivity contribution in [3.05, 3.63) is 47.8 Å². The van der Waals surface area contributed by atoms with Crippen molar-refractivity contribution in [1.82, 2.24) is 9.97 Å². The van der Waals surface area contributed by atoms with Gasteiger partial charge in [0, 0.05) is 18.5 Å². The van der Waals surface area contributed by atoms with Crippen LogP contribution in [0.4, 0.5) is 5.82 Å². The average Bonchev–Trinajstić information content (AvgIpc) is 3.02. The van der Waals surface area contributed by atoms with Gasteiger partial charge in [0.15, 0.2) is 0 Å². The van der Waals surface area contributed by atoms with Gasteiger partial charge < -0.3 is 9.64 Å². The van der Waals surface area contributed by atoms with Gasteiger partial charge in [-0.2, -0.15) is 0 Å². The van der Waals surface area contributed by atoms with Gasteiger partial charge in [-0.25, -0.2) is 4.98 Å². The first-order chi connectivity index (χ1) is 12.1. The number of methoxy groups -OCH3 is 1. The molecule has 0 spiro atoms. The van der Waals surface area contributed by atoms with E-state index >= 15 is 0 Å². The summed E-state index contributed by atoms with van der Waals surface area (Å²) >= 11 is 1.35. The Morgan fingerprint density at radius 2 is 2.16 bits per heavy atom. The first-order valence-electron chi connectivity index (χ1n) is 8.42. The highest BCUT2D eigenvalue weighted by Crippen LogP contribution is 2.35. The number of aromatic nitrogens is 2. The summed E-state index contributed by atoms with van der Waals surface area (Å²) in [7, 11) is 1.39. The summed E-state index contributed by atoms with van der Waals surface area (Å²) in [6.45, 7) is 5.34. The number of esters is 1. The number of rotatable bonds is 5. The molecule has 0 aliphatic carbocycles. The number of carbonyl (C=O) groups is 1. The third-order valence-electron chi connectivity index (χ3n) is 4.66. The molecule has 2 unspecified atom stereocenters. The lowest BCUT2D eigenvalue weighted by Gasteiger charge is -2.22. The fourth-order valence-electron chi connectivity index (χ4n) is 3.36. The van der Waals surface area contributed by atoms with E-state index in [0.29, 0.717) is 12.0 Å². The largest absolute Gasteiger partial charge is 0.468 e. The molecule has 2 atom stereocenters. The van der Waals surface area contributed by atoms with Gasteiger partial charge in [-0.3, -0.25) is 9.78 Å². The summed E-state index contributed by atoms with van der Waals surface area (Å²) in [6, 6.07) is 9.00. The number of hydrogen-bond donors (Lipinski definition) is 0. The number of aryl methyl sites for hydroxylation is 1. The summed E-state index contributed by atoms with van der Waals surface area (Å²) in [5, 5.41) is 0.745. The van der Waals surface area contributed by atoms with Crippen molar-refractivity contribution >= 4 is 23.5 Å². The van der Waals surface area contributed by atoms with Gasteiger partial charge in [0.2, 0.25) is 0 Å². The maximum atomic E-state index is 11.3. The maximum absolute atomic E-state index is 11.3. The van der Waals surface area contributed by atoms with Crippen molar-refractivity contribution in [2.75, 3.05) is 24.3 Å². The molecular weight excluding hydrogens is 334 g/mol. The van der Waals surface area contributed by atoms with Crippen molar-refractivity contribution in [2.24, 2.45) is 0 Å². The van der Waals surface area contributed by atoms with E-state index in [0.717, 1.165) is 23.8 Å². The van der Waals surface area contributed by atoms with Crippen LogP contribution in [0.15, 0.2) is 41.7 Å². The van der Waals surface area contributed by atoms with E-state index in [1.54, 1.807) is 12.4 Å². The van der Waals surface area contributed by atoms with Crippen LogP contribution in [-0.4, -0.2) is 41.4 Å². The zero-order chi connectivity index (χ0) is 17.8. The molecule has 1 aliphatic rings. The molecule has 1 saturated heterocycles. The highest BCUT2D eigenvalue weighted by Gasteiger charge is 2.31. The molecule has 0 N–H and O–H groups in total. The Hall–Kier alpha value is -2.08.